The van der Waals surface area contributed by atoms with Crippen LogP contribution < -0.4 is 9.47 Å². The fourth-order valence-electron chi connectivity index (χ4n) is 3.70. The maximum Gasteiger partial charge on any atom is 0.295 e. The number of aromatic hydroxyl groups is 1. The average molecular weight is 395 g/mol. The van der Waals surface area contributed by atoms with Crippen molar-refractivity contribution in [2.24, 2.45) is 0 Å². The zero-order valence-corrected chi connectivity index (χ0v) is 15.9. The fourth-order valence-corrected chi connectivity index (χ4v) is 3.70. The minimum absolute atomic E-state index is 0.0193. The summed E-state index contributed by atoms with van der Waals surface area (Å²) >= 11 is 0. The molecule has 2 aliphatic heterocycles. The molecule has 7 heteroatoms. The second-order valence-corrected chi connectivity index (χ2v) is 6.94. The van der Waals surface area contributed by atoms with Crippen molar-refractivity contribution in [3.8, 4) is 17.2 Å². The van der Waals surface area contributed by atoms with E-state index in [-0.39, 0.29) is 17.1 Å². The number of phenolic OH excluding ortho intramolecular Hbond substituents is 1. The lowest BCUT2D eigenvalue weighted by atomic mass is 9.95. The molecule has 1 unspecified atom stereocenters. The lowest BCUT2D eigenvalue weighted by molar-refractivity contribution is -0.139. The molecular formula is C22H21NO6. The minimum atomic E-state index is -0.733. The molecule has 2 heterocycles. The summed E-state index contributed by atoms with van der Waals surface area (Å²) in [5.74, 6) is -0.531. The fraction of sp³-hybridized carbons (Fsp3) is 0.273. The van der Waals surface area contributed by atoms with Crippen molar-refractivity contribution in [3.63, 3.8) is 0 Å². The lowest BCUT2D eigenvalue weighted by Gasteiger charge is -2.25. The number of amides is 1. The summed E-state index contributed by atoms with van der Waals surface area (Å²) < 4.78 is 11.1. The third-order valence-electron chi connectivity index (χ3n) is 5.03. The van der Waals surface area contributed by atoms with Crippen molar-refractivity contribution in [2.75, 3.05) is 19.8 Å². The van der Waals surface area contributed by atoms with E-state index in [9.17, 15) is 19.8 Å². The summed E-state index contributed by atoms with van der Waals surface area (Å²) in [6, 6.07) is 10.4. The van der Waals surface area contributed by atoms with Gasteiger partial charge in [-0.2, -0.15) is 0 Å². The van der Waals surface area contributed by atoms with E-state index in [2.05, 4.69) is 0 Å². The summed E-state index contributed by atoms with van der Waals surface area (Å²) in [5.41, 5.74) is 1.02. The highest BCUT2D eigenvalue weighted by atomic mass is 16.6. The number of ketones is 1. The summed E-state index contributed by atoms with van der Waals surface area (Å²) in [4.78, 5) is 26.9. The second-order valence-electron chi connectivity index (χ2n) is 6.94. The molecule has 29 heavy (non-hydrogen) atoms. The number of hydrogen-bond donors (Lipinski definition) is 2. The number of fused-ring (bicyclic) bond motifs is 1. The van der Waals surface area contributed by atoms with Crippen LogP contribution in [0.25, 0.3) is 5.76 Å². The van der Waals surface area contributed by atoms with Gasteiger partial charge in [-0.05, 0) is 42.3 Å². The molecule has 2 aliphatic rings. The average Bonchev–Trinajstić information content (AvgIpc) is 2.99. The van der Waals surface area contributed by atoms with Gasteiger partial charge in [0.1, 0.15) is 24.7 Å². The van der Waals surface area contributed by atoms with E-state index in [1.165, 1.54) is 17.0 Å². The molecule has 0 saturated carbocycles. The van der Waals surface area contributed by atoms with Gasteiger partial charge in [0, 0.05) is 12.1 Å². The van der Waals surface area contributed by atoms with E-state index in [1.54, 1.807) is 30.3 Å². The first-order valence-electron chi connectivity index (χ1n) is 9.48. The predicted octanol–water partition coefficient (Wildman–Crippen LogP) is 3.00. The van der Waals surface area contributed by atoms with Gasteiger partial charge >= 0.3 is 0 Å². The van der Waals surface area contributed by atoms with Crippen molar-refractivity contribution in [2.45, 2.75) is 19.4 Å². The Hall–Kier alpha value is -3.48. The van der Waals surface area contributed by atoms with E-state index in [4.69, 9.17) is 9.47 Å². The molecule has 2 N–H and O–H groups in total. The van der Waals surface area contributed by atoms with Crippen LogP contribution in [0.2, 0.25) is 0 Å². The third-order valence-corrected chi connectivity index (χ3v) is 5.03. The Morgan fingerprint density at radius 2 is 1.76 bits per heavy atom. The molecule has 1 fully saturated rings. The maximum atomic E-state index is 12.8. The largest absolute Gasteiger partial charge is 0.508 e. The molecule has 1 atom stereocenters. The number of ether oxygens (including phenoxy) is 2. The van der Waals surface area contributed by atoms with Crippen LogP contribution in [0.15, 0.2) is 48.0 Å². The molecule has 4 rings (SSSR count). The highest BCUT2D eigenvalue weighted by molar-refractivity contribution is 6.46. The molecule has 7 nitrogen and oxygen atoms in total. The van der Waals surface area contributed by atoms with E-state index in [0.29, 0.717) is 48.8 Å². The summed E-state index contributed by atoms with van der Waals surface area (Å²) in [5, 5.41) is 20.6. The van der Waals surface area contributed by atoms with Gasteiger partial charge < -0.3 is 24.6 Å². The van der Waals surface area contributed by atoms with Crippen LogP contribution in [-0.4, -0.2) is 46.6 Å². The zero-order chi connectivity index (χ0) is 20.5. The highest BCUT2D eigenvalue weighted by Gasteiger charge is 2.45. The molecule has 2 aromatic rings. The quantitative estimate of drug-likeness (QED) is 0.469. The highest BCUT2D eigenvalue weighted by Crippen LogP contribution is 2.41. The number of hydrogen-bond acceptors (Lipinski definition) is 6. The molecule has 0 radical (unpaired) electrons. The van der Waals surface area contributed by atoms with Crippen molar-refractivity contribution in [1.29, 1.82) is 0 Å². The van der Waals surface area contributed by atoms with Crippen LogP contribution in [0.1, 0.15) is 30.5 Å². The summed E-state index contributed by atoms with van der Waals surface area (Å²) in [6.45, 7) is 3.12. The number of aliphatic hydroxyl groups excluding tert-OH is 1. The monoisotopic (exact) mass is 395 g/mol. The van der Waals surface area contributed by atoms with Crippen LogP contribution in [0, 0.1) is 0 Å². The molecule has 1 saturated heterocycles. The van der Waals surface area contributed by atoms with Crippen LogP contribution in [-0.2, 0) is 9.59 Å². The van der Waals surface area contributed by atoms with Gasteiger partial charge in [-0.3, -0.25) is 9.59 Å². The number of nitrogens with zero attached hydrogens (tertiary/aromatic N) is 1. The van der Waals surface area contributed by atoms with Crippen LogP contribution >= 0.6 is 0 Å². The maximum absolute atomic E-state index is 12.8. The second kappa shape index (κ2) is 7.50. The Bertz CT molecular complexity index is 995. The van der Waals surface area contributed by atoms with E-state index < -0.39 is 17.7 Å². The summed E-state index contributed by atoms with van der Waals surface area (Å²) in [6.07, 6.45) is 0.658. The van der Waals surface area contributed by atoms with Gasteiger partial charge in [-0.25, -0.2) is 0 Å². The lowest BCUT2D eigenvalue weighted by Crippen LogP contribution is -2.30. The molecule has 150 valence electrons. The topological polar surface area (TPSA) is 96.3 Å². The molecule has 0 aliphatic carbocycles. The Morgan fingerprint density at radius 3 is 2.45 bits per heavy atom. The zero-order valence-electron chi connectivity index (χ0n) is 15.9. The number of benzene rings is 2. The summed E-state index contributed by atoms with van der Waals surface area (Å²) in [7, 11) is 0. The number of carbonyl (C=O) groups is 2. The van der Waals surface area contributed by atoms with Gasteiger partial charge in [0.25, 0.3) is 11.7 Å². The number of Topliss-reactive ketones (excluding diaryl/α,β-unsaturated/α-hetero) is 1. The van der Waals surface area contributed by atoms with Crippen molar-refractivity contribution < 1.29 is 29.3 Å². The van der Waals surface area contributed by atoms with Crippen molar-refractivity contribution >= 4 is 17.4 Å². The van der Waals surface area contributed by atoms with Gasteiger partial charge in [-0.15, -0.1) is 0 Å². The van der Waals surface area contributed by atoms with Crippen molar-refractivity contribution in [3.05, 3.63) is 59.2 Å². The Labute approximate surface area is 167 Å². The smallest absolute Gasteiger partial charge is 0.295 e. The molecule has 1 amide bonds. The minimum Gasteiger partial charge on any atom is -0.508 e. The Balaban J connectivity index is 1.84. The SMILES string of the molecule is CCCN1C(=O)C(=O)/C(=C(\O)c2ccc3c(c2)OCCO3)C1c1ccc(O)cc1. The van der Waals surface area contributed by atoms with E-state index in [0.717, 1.165) is 0 Å². The first-order valence-corrected chi connectivity index (χ1v) is 9.48. The molecule has 0 aromatic heterocycles. The van der Waals surface area contributed by atoms with Gasteiger partial charge in [0.05, 0.1) is 11.6 Å². The van der Waals surface area contributed by atoms with Crippen LogP contribution in [0.4, 0.5) is 0 Å². The van der Waals surface area contributed by atoms with Gasteiger partial charge in [0.15, 0.2) is 11.5 Å². The third kappa shape index (κ3) is 3.29. The molecular weight excluding hydrogens is 374 g/mol. The standard InChI is InChI=1S/C22H21NO6/c1-2-9-23-19(13-3-6-15(24)7-4-13)18(21(26)22(23)27)20(25)14-5-8-16-17(12-14)29-11-10-28-16/h3-8,12,19,24-25H,2,9-11H2,1H3/b20-18-. The number of likely N-dealkylation sites (tertiary alicyclic amines) is 1. The van der Waals surface area contributed by atoms with Crippen LogP contribution in [0.3, 0.4) is 0 Å². The molecule has 2 aromatic carbocycles. The number of rotatable bonds is 4. The first-order chi connectivity index (χ1) is 14.0. The Morgan fingerprint density at radius 1 is 1.07 bits per heavy atom. The van der Waals surface area contributed by atoms with Gasteiger partial charge in [0.2, 0.25) is 0 Å². The normalized spacial score (nSPS) is 20.2. The van der Waals surface area contributed by atoms with Crippen molar-refractivity contribution in [1.82, 2.24) is 4.90 Å². The van der Waals surface area contributed by atoms with E-state index >= 15 is 0 Å². The van der Waals surface area contributed by atoms with Gasteiger partial charge in [-0.1, -0.05) is 19.1 Å². The number of carbonyl (C=O) groups excluding carboxylic acids is 2. The first kappa shape index (κ1) is 18.9. The van der Waals surface area contributed by atoms with E-state index in [1.807, 2.05) is 6.92 Å². The predicted molar refractivity (Wildman–Crippen MR) is 105 cm³/mol. The Kier molecular flexibility index (Phi) is 4.88. The number of phenols is 1. The molecule has 0 spiro atoms. The van der Waals surface area contributed by atoms with Crippen LogP contribution in [0.5, 0.6) is 17.2 Å². The molecule has 0 bridgehead atoms. The number of aliphatic hydroxyl groups is 1.